The number of aromatic nitrogens is 1. The zero-order valence-corrected chi connectivity index (χ0v) is 14.4. The van der Waals surface area contributed by atoms with Crippen LogP contribution >= 0.6 is 31.9 Å². The van der Waals surface area contributed by atoms with Crippen molar-refractivity contribution >= 4 is 47.7 Å². The summed E-state index contributed by atoms with van der Waals surface area (Å²) in [7, 11) is -3.66. The number of benzene rings is 1. The van der Waals surface area contributed by atoms with Gasteiger partial charge in [-0.1, -0.05) is 0 Å². The van der Waals surface area contributed by atoms with Gasteiger partial charge in [0, 0.05) is 15.1 Å². The third kappa shape index (κ3) is 3.90. The Morgan fingerprint density at radius 3 is 2.48 bits per heavy atom. The van der Waals surface area contributed by atoms with Gasteiger partial charge in [0.15, 0.2) is 9.84 Å². The van der Waals surface area contributed by atoms with Crippen LogP contribution in [0.25, 0.3) is 0 Å². The van der Waals surface area contributed by atoms with Crippen LogP contribution < -0.4 is 0 Å². The number of carboxylic acid groups (broad SMARTS) is 1. The van der Waals surface area contributed by atoms with Crippen molar-refractivity contribution in [2.75, 3.05) is 0 Å². The summed E-state index contributed by atoms with van der Waals surface area (Å²) in [4.78, 5) is 15.0. The highest BCUT2D eigenvalue weighted by Gasteiger charge is 2.19. The normalized spacial score (nSPS) is 11.3. The number of sulfone groups is 1. The number of aromatic carboxylic acids is 1. The van der Waals surface area contributed by atoms with Gasteiger partial charge in [-0.15, -0.1) is 0 Å². The predicted octanol–water partition coefficient (Wildman–Crippen LogP) is 3.28. The predicted molar refractivity (Wildman–Crippen MR) is 83.9 cm³/mol. The highest BCUT2D eigenvalue weighted by molar-refractivity contribution is 9.10. The average Bonchev–Trinajstić information content (AvgIpc) is 2.41. The molecule has 110 valence electrons. The standard InChI is InChI=1S/C13H9Br2NO4S/c14-8-1-2-9(16-6-8)7-21(19,20)10-3-4-12(15)11(5-10)13(17)18/h1-6H,7H2,(H,17,18). The Kier molecular flexibility index (Phi) is 4.80. The minimum Gasteiger partial charge on any atom is -0.478 e. The zero-order chi connectivity index (χ0) is 15.6. The highest BCUT2D eigenvalue weighted by Crippen LogP contribution is 2.23. The van der Waals surface area contributed by atoms with E-state index in [4.69, 9.17) is 5.11 Å². The molecular formula is C13H9Br2NO4S. The molecule has 1 heterocycles. The van der Waals surface area contributed by atoms with E-state index in [-0.39, 0.29) is 16.2 Å². The molecule has 0 fully saturated rings. The van der Waals surface area contributed by atoms with Crippen LogP contribution in [0.15, 0.2) is 50.4 Å². The van der Waals surface area contributed by atoms with Crippen molar-refractivity contribution in [1.29, 1.82) is 0 Å². The lowest BCUT2D eigenvalue weighted by Gasteiger charge is -2.06. The lowest BCUT2D eigenvalue weighted by Crippen LogP contribution is -2.08. The Balaban J connectivity index is 2.38. The molecule has 0 aliphatic heterocycles. The molecule has 21 heavy (non-hydrogen) atoms. The lowest BCUT2D eigenvalue weighted by molar-refractivity contribution is 0.0695. The van der Waals surface area contributed by atoms with Crippen LogP contribution in [0.4, 0.5) is 0 Å². The minimum absolute atomic E-state index is 0.0483. The van der Waals surface area contributed by atoms with Crippen LogP contribution in [0, 0.1) is 0 Å². The molecule has 8 heteroatoms. The van der Waals surface area contributed by atoms with Gasteiger partial charge in [-0.2, -0.15) is 0 Å². The fourth-order valence-corrected chi connectivity index (χ4v) is 3.58. The number of carbonyl (C=O) groups is 1. The second kappa shape index (κ2) is 6.25. The molecule has 2 aromatic rings. The quantitative estimate of drug-likeness (QED) is 0.798. The lowest BCUT2D eigenvalue weighted by atomic mass is 10.2. The number of hydrogen-bond acceptors (Lipinski definition) is 4. The third-order valence-electron chi connectivity index (χ3n) is 2.65. The molecular weight excluding hydrogens is 426 g/mol. The van der Waals surface area contributed by atoms with Gasteiger partial charge in [0.1, 0.15) is 0 Å². The van der Waals surface area contributed by atoms with Crippen LogP contribution in [0.5, 0.6) is 0 Å². The summed E-state index contributed by atoms with van der Waals surface area (Å²) in [5, 5.41) is 9.03. The number of carboxylic acids is 1. The van der Waals surface area contributed by atoms with Gasteiger partial charge >= 0.3 is 5.97 Å². The van der Waals surface area contributed by atoms with Crippen LogP contribution in [-0.2, 0) is 15.6 Å². The molecule has 0 aliphatic rings. The molecule has 0 aliphatic carbocycles. The number of nitrogens with zero attached hydrogens (tertiary/aromatic N) is 1. The maximum Gasteiger partial charge on any atom is 0.336 e. The van der Waals surface area contributed by atoms with Crippen molar-refractivity contribution < 1.29 is 18.3 Å². The van der Waals surface area contributed by atoms with E-state index in [1.165, 1.54) is 18.3 Å². The number of halogens is 2. The fourth-order valence-electron chi connectivity index (χ4n) is 1.63. The van der Waals surface area contributed by atoms with Gasteiger partial charge in [-0.05, 0) is 62.2 Å². The molecule has 5 nitrogen and oxygen atoms in total. The molecule has 1 N–H and O–H groups in total. The number of pyridine rings is 1. The first kappa shape index (κ1) is 16.1. The van der Waals surface area contributed by atoms with E-state index in [2.05, 4.69) is 36.8 Å². The third-order valence-corrected chi connectivity index (χ3v) is 5.46. The summed E-state index contributed by atoms with van der Waals surface area (Å²) in [5.74, 6) is -1.48. The second-order valence-electron chi connectivity index (χ2n) is 4.17. The van der Waals surface area contributed by atoms with E-state index in [0.717, 1.165) is 10.5 Å². The smallest absolute Gasteiger partial charge is 0.336 e. The molecule has 1 aromatic heterocycles. The summed E-state index contributed by atoms with van der Waals surface area (Å²) in [6.45, 7) is 0. The van der Waals surface area contributed by atoms with E-state index in [0.29, 0.717) is 10.2 Å². The van der Waals surface area contributed by atoms with Crippen molar-refractivity contribution in [2.24, 2.45) is 0 Å². The van der Waals surface area contributed by atoms with Crippen LogP contribution in [-0.4, -0.2) is 24.5 Å². The molecule has 0 bridgehead atoms. The van der Waals surface area contributed by atoms with Crippen LogP contribution in [0.2, 0.25) is 0 Å². The first-order valence-corrected chi connectivity index (χ1v) is 8.89. The Hall–Kier alpha value is -1.25. The van der Waals surface area contributed by atoms with Gasteiger partial charge in [0.05, 0.1) is 21.9 Å². The van der Waals surface area contributed by atoms with Crippen molar-refractivity contribution in [3.63, 3.8) is 0 Å². The summed E-state index contributed by atoms with van der Waals surface area (Å²) >= 11 is 6.30. The fraction of sp³-hybridized carbons (Fsp3) is 0.0769. The van der Waals surface area contributed by atoms with Crippen molar-refractivity contribution in [3.8, 4) is 0 Å². The van der Waals surface area contributed by atoms with E-state index >= 15 is 0 Å². The van der Waals surface area contributed by atoms with Gasteiger partial charge < -0.3 is 5.11 Å². The van der Waals surface area contributed by atoms with Crippen LogP contribution in [0.1, 0.15) is 16.1 Å². The summed E-state index contributed by atoms with van der Waals surface area (Å²) in [5.41, 5.74) is 0.290. The van der Waals surface area contributed by atoms with Gasteiger partial charge in [-0.25, -0.2) is 13.2 Å². The van der Waals surface area contributed by atoms with E-state index < -0.39 is 15.8 Å². The monoisotopic (exact) mass is 433 g/mol. The molecule has 1 aromatic carbocycles. The molecule has 0 saturated carbocycles. The summed E-state index contributed by atoms with van der Waals surface area (Å²) in [6.07, 6.45) is 1.51. The first-order chi connectivity index (χ1) is 9.79. The second-order valence-corrected chi connectivity index (χ2v) is 7.93. The van der Waals surface area contributed by atoms with Gasteiger partial charge in [0.25, 0.3) is 0 Å². The number of hydrogen-bond donors (Lipinski definition) is 1. The van der Waals surface area contributed by atoms with Gasteiger partial charge in [-0.3, -0.25) is 4.98 Å². The molecule has 0 spiro atoms. The molecule has 0 radical (unpaired) electrons. The van der Waals surface area contributed by atoms with Crippen LogP contribution in [0.3, 0.4) is 0 Å². The van der Waals surface area contributed by atoms with E-state index in [1.807, 2.05) is 0 Å². The highest BCUT2D eigenvalue weighted by atomic mass is 79.9. The summed E-state index contributed by atoms with van der Waals surface area (Å²) in [6, 6.07) is 7.21. The SMILES string of the molecule is O=C(O)c1cc(S(=O)(=O)Cc2ccc(Br)cn2)ccc1Br. The van der Waals surface area contributed by atoms with E-state index in [9.17, 15) is 13.2 Å². The summed E-state index contributed by atoms with van der Waals surface area (Å²) < 4.78 is 25.7. The molecule has 0 amide bonds. The van der Waals surface area contributed by atoms with E-state index in [1.54, 1.807) is 12.1 Å². The average molecular weight is 435 g/mol. The maximum atomic E-state index is 12.3. The molecule has 0 saturated heterocycles. The largest absolute Gasteiger partial charge is 0.478 e. The number of rotatable bonds is 4. The Morgan fingerprint density at radius 2 is 1.90 bits per heavy atom. The Bertz CT molecular complexity index is 788. The topological polar surface area (TPSA) is 84.3 Å². The molecule has 2 rings (SSSR count). The van der Waals surface area contributed by atoms with Crippen molar-refractivity contribution in [2.45, 2.75) is 10.6 Å². The van der Waals surface area contributed by atoms with Gasteiger partial charge in [0.2, 0.25) is 0 Å². The van der Waals surface area contributed by atoms with Crippen molar-refractivity contribution in [3.05, 3.63) is 56.7 Å². The zero-order valence-electron chi connectivity index (χ0n) is 10.5. The maximum absolute atomic E-state index is 12.3. The molecule has 0 unspecified atom stereocenters. The first-order valence-electron chi connectivity index (χ1n) is 5.65. The Labute approximate surface area is 138 Å². The molecule has 0 atom stereocenters. The van der Waals surface area contributed by atoms with Crippen molar-refractivity contribution in [1.82, 2.24) is 4.98 Å². The minimum atomic E-state index is -3.66. The Morgan fingerprint density at radius 1 is 1.19 bits per heavy atom.